The highest BCUT2D eigenvalue weighted by Gasteiger charge is 2.17. The van der Waals surface area contributed by atoms with E-state index in [9.17, 15) is 13.6 Å². The summed E-state index contributed by atoms with van der Waals surface area (Å²) in [6.07, 6.45) is 0. The number of hydrogen-bond acceptors (Lipinski definition) is 3. The largest absolute Gasteiger partial charge is 0.434 e. The van der Waals surface area contributed by atoms with Crippen LogP contribution >= 0.6 is 11.6 Å². The zero-order valence-corrected chi connectivity index (χ0v) is 16.3. The Morgan fingerprint density at radius 1 is 1.38 bits per heavy atom. The second kappa shape index (κ2) is 9.56. The number of likely N-dealkylation sites (N-methyl/N-ethyl adjacent to an activating group) is 1. The number of carbonyl (C=O) groups excluding carboxylic acids is 1. The molecule has 0 aliphatic carbocycles. The molecule has 0 radical (unpaired) electrons. The van der Waals surface area contributed by atoms with Crippen LogP contribution in [0, 0.1) is 0 Å². The van der Waals surface area contributed by atoms with Gasteiger partial charge in [-0.2, -0.15) is 8.78 Å². The van der Waals surface area contributed by atoms with E-state index in [4.69, 9.17) is 11.6 Å². The lowest BCUT2D eigenvalue weighted by Crippen LogP contribution is -2.48. The molecular weight excluding hydrogens is 366 g/mol. The number of hydrogen-bond donors (Lipinski definition) is 2. The number of amides is 1. The average molecular weight is 391 g/mol. The van der Waals surface area contributed by atoms with E-state index in [1.807, 2.05) is 20.8 Å². The van der Waals surface area contributed by atoms with Crippen molar-refractivity contribution < 1.29 is 18.3 Å². The van der Waals surface area contributed by atoms with Crippen LogP contribution in [0.3, 0.4) is 0 Å². The Labute approximate surface area is 157 Å². The summed E-state index contributed by atoms with van der Waals surface area (Å²) in [7, 11) is 3.27. The maximum absolute atomic E-state index is 12.5. The molecular formula is C17H25ClF2N4O2. The first-order valence-electron chi connectivity index (χ1n) is 7.98. The second-order valence-corrected chi connectivity index (χ2v) is 7.12. The number of carbonyl (C=O) groups is 1. The molecule has 0 atom stereocenters. The monoisotopic (exact) mass is 390 g/mol. The maximum atomic E-state index is 12.5. The molecule has 0 aliphatic rings. The van der Waals surface area contributed by atoms with Gasteiger partial charge in [-0.1, -0.05) is 11.6 Å². The summed E-state index contributed by atoms with van der Waals surface area (Å²) in [6, 6.07) is 4.39. The molecule has 6 nitrogen and oxygen atoms in total. The topological polar surface area (TPSA) is 66.0 Å². The number of nitrogens with one attached hydrogen (secondary N) is 2. The summed E-state index contributed by atoms with van der Waals surface area (Å²) in [6.45, 7) is 2.98. The molecule has 9 heteroatoms. The van der Waals surface area contributed by atoms with Crippen molar-refractivity contribution in [3.05, 3.63) is 28.8 Å². The summed E-state index contributed by atoms with van der Waals surface area (Å²) in [5.41, 5.74) is 0.114. The van der Waals surface area contributed by atoms with Crippen LogP contribution in [0.1, 0.15) is 26.3 Å². The van der Waals surface area contributed by atoms with Crippen molar-refractivity contribution in [1.82, 2.24) is 15.5 Å². The van der Waals surface area contributed by atoms with E-state index in [0.29, 0.717) is 16.5 Å². The smallest absolute Gasteiger partial charge is 0.387 e. The van der Waals surface area contributed by atoms with E-state index in [0.717, 1.165) is 0 Å². The highest BCUT2D eigenvalue weighted by Crippen LogP contribution is 2.24. The SMILES string of the molecule is CN=C(NCc1cc(Cl)ccc1OC(F)F)N(C)CC(=O)NC(C)(C)C. The standard InChI is InChI=1S/C17H25ClF2N4O2/c1-17(2,3)23-14(25)10-24(5)16(21-4)22-9-11-8-12(18)6-7-13(11)26-15(19)20/h6-8,15H,9-10H2,1-5H3,(H,21,22)(H,23,25). The highest BCUT2D eigenvalue weighted by molar-refractivity contribution is 6.30. The fourth-order valence-corrected chi connectivity index (χ4v) is 2.40. The van der Waals surface area contributed by atoms with Crippen molar-refractivity contribution in [2.75, 3.05) is 20.6 Å². The van der Waals surface area contributed by atoms with Gasteiger partial charge < -0.3 is 20.3 Å². The molecule has 0 fully saturated rings. The Hall–Kier alpha value is -2.09. The van der Waals surface area contributed by atoms with Gasteiger partial charge in [0.1, 0.15) is 5.75 Å². The summed E-state index contributed by atoms with van der Waals surface area (Å²) in [4.78, 5) is 17.7. The van der Waals surface area contributed by atoms with Crippen molar-refractivity contribution in [3.63, 3.8) is 0 Å². The molecule has 1 aromatic rings. The van der Waals surface area contributed by atoms with Crippen LogP contribution in [-0.4, -0.2) is 49.6 Å². The maximum Gasteiger partial charge on any atom is 0.387 e. The number of alkyl halides is 2. The predicted octanol–water partition coefficient (Wildman–Crippen LogP) is 2.86. The molecule has 26 heavy (non-hydrogen) atoms. The van der Waals surface area contributed by atoms with Crippen LogP contribution in [0.5, 0.6) is 5.75 Å². The van der Waals surface area contributed by atoms with Gasteiger partial charge in [0, 0.05) is 36.8 Å². The Kier molecular flexibility index (Phi) is 8.08. The fourth-order valence-electron chi connectivity index (χ4n) is 2.20. The minimum Gasteiger partial charge on any atom is -0.434 e. The van der Waals surface area contributed by atoms with Gasteiger partial charge in [-0.3, -0.25) is 9.79 Å². The number of benzene rings is 1. The molecule has 0 heterocycles. The molecule has 0 saturated carbocycles. The number of rotatable bonds is 6. The van der Waals surface area contributed by atoms with E-state index < -0.39 is 6.61 Å². The number of ether oxygens (including phenoxy) is 1. The lowest BCUT2D eigenvalue weighted by molar-refractivity contribution is -0.122. The quantitative estimate of drug-likeness (QED) is 0.579. The van der Waals surface area contributed by atoms with Crippen molar-refractivity contribution in [2.45, 2.75) is 39.5 Å². The molecule has 0 bridgehead atoms. The minimum atomic E-state index is -2.93. The van der Waals surface area contributed by atoms with Crippen LogP contribution in [0.25, 0.3) is 0 Å². The van der Waals surface area contributed by atoms with Crippen LogP contribution in [-0.2, 0) is 11.3 Å². The van der Waals surface area contributed by atoms with E-state index >= 15 is 0 Å². The molecule has 1 aromatic carbocycles. The normalized spacial score (nSPS) is 12.1. The lowest BCUT2D eigenvalue weighted by atomic mass is 10.1. The fraction of sp³-hybridized carbons (Fsp3) is 0.529. The zero-order valence-electron chi connectivity index (χ0n) is 15.6. The summed E-state index contributed by atoms with van der Waals surface area (Å²) in [5, 5.41) is 6.26. The molecule has 0 aromatic heterocycles. The van der Waals surface area contributed by atoms with Crippen molar-refractivity contribution in [2.24, 2.45) is 4.99 Å². The third-order valence-corrected chi connectivity index (χ3v) is 3.38. The Morgan fingerprint density at radius 3 is 2.58 bits per heavy atom. The van der Waals surface area contributed by atoms with Crippen LogP contribution < -0.4 is 15.4 Å². The Bertz CT molecular complexity index is 648. The minimum absolute atomic E-state index is 0.0282. The van der Waals surface area contributed by atoms with Gasteiger partial charge in [0.2, 0.25) is 5.91 Å². The van der Waals surface area contributed by atoms with E-state index in [1.165, 1.54) is 18.2 Å². The number of aliphatic imine (C=N–C) groups is 1. The number of halogens is 3. The molecule has 0 unspecified atom stereocenters. The first-order chi connectivity index (χ1) is 12.0. The van der Waals surface area contributed by atoms with Gasteiger partial charge in [-0.05, 0) is 39.0 Å². The van der Waals surface area contributed by atoms with Gasteiger partial charge >= 0.3 is 6.61 Å². The predicted molar refractivity (Wildman–Crippen MR) is 98.8 cm³/mol. The average Bonchev–Trinajstić information content (AvgIpc) is 2.47. The lowest BCUT2D eigenvalue weighted by Gasteiger charge is -2.25. The van der Waals surface area contributed by atoms with Gasteiger partial charge in [-0.25, -0.2) is 0 Å². The van der Waals surface area contributed by atoms with E-state index in [2.05, 4.69) is 20.4 Å². The Balaban J connectivity index is 2.75. The van der Waals surface area contributed by atoms with Gasteiger partial charge in [-0.15, -0.1) is 0 Å². The third-order valence-electron chi connectivity index (χ3n) is 3.14. The summed E-state index contributed by atoms with van der Waals surface area (Å²) in [5.74, 6) is 0.296. The molecule has 0 aliphatic heterocycles. The first-order valence-corrected chi connectivity index (χ1v) is 8.35. The van der Waals surface area contributed by atoms with E-state index in [-0.39, 0.29) is 30.3 Å². The van der Waals surface area contributed by atoms with Crippen LogP contribution in [0.4, 0.5) is 8.78 Å². The van der Waals surface area contributed by atoms with Crippen molar-refractivity contribution >= 4 is 23.5 Å². The van der Waals surface area contributed by atoms with E-state index in [1.54, 1.807) is 19.0 Å². The first kappa shape index (κ1) is 22.0. The molecule has 2 N–H and O–H groups in total. The van der Waals surface area contributed by atoms with Crippen LogP contribution in [0.2, 0.25) is 5.02 Å². The van der Waals surface area contributed by atoms with Gasteiger partial charge in [0.05, 0.1) is 6.54 Å². The molecule has 1 rings (SSSR count). The zero-order chi connectivity index (χ0) is 19.9. The molecule has 1 amide bonds. The molecule has 0 spiro atoms. The van der Waals surface area contributed by atoms with Gasteiger partial charge in [0.25, 0.3) is 0 Å². The highest BCUT2D eigenvalue weighted by atomic mass is 35.5. The Morgan fingerprint density at radius 2 is 2.04 bits per heavy atom. The van der Waals surface area contributed by atoms with Gasteiger partial charge in [0.15, 0.2) is 5.96 Å². The van der Waals surface area contributed by atoms with Crippen molar-refractivity contribution in [3.8, 4) is 5.75 Å². The number of guanidine groups is 1. The van der Waals surface area contributed by atoms with Crippen LogP contribution in [0.15, 0.2) is 23.2 Å². The number of nitrogens with zero attached hydrogens (tertiary/aromatic N) is 2. The van der Waals surface area contributed by atoms with Crippen molar-refractivity contribution in [1.29, 1.82) is 0 Å². The second-order valence-electron chi connectivity index (χ2n) is 6.69. The summed E-state index contributed by atoms with van der Waals surface area (Å²) < 4.78 is 29.5. The molecule has 146 valence electrons. The molecule has 0 saturated heterocycles. The summed E-state index contributed by atoms with van der Waals surface area (Å²) >= 11 is 5.93. The third kappa shape index (κ3) is 7.86.